The fraction of sp³-hybridized carbons (Fsp3) is 0.263. The van der Waals surface area contributed by atoms with Crippen molar-refractivity contribution in [3.05, 3.63) is 47.0 Å². The second kappa shape index (κ2) is 7.77. The van der Waals surface area contributed by atoms with E-state index in [1.165, 1.54) is 6.21 Å². The number of ether oxygens (including phenoxy) is 4. The van der Waals surface area contributed by atoms with Crippen LogP contribution in [-0.2, 0) is 4.79 Å². The summed E-state index contributed by atoms with van der Waals surface area (Å²) < 4.78 is 21.4. The van der Waals surface area contributed by atoms with E-state index in [1.807, 2.05) is 32.0 Å². The van der Waals surface area contributed by atoms with Crippen LogP contribution in [0.2, 0.25) is 0 Å². The SMILES string of the molecule is COc1cc(/C=N\NC(=O)COc2cc(C)cc(C)c2)cc2c1OCO2. The van der Waals surface area contributed by atoms with Crippen LogP contribution < -0.4 is 24.4 Å². The number of fused-ring (bicyclic) bond motifs is 1. The maximum absolute atomic E-state index is 11.9. The van der Waals surface area contributed by atoms with Crippen LogP contribution in [0.3, 0.4) is 0 Å². The molecule has 26 heavy (non-hydrogen) atoms. The summed E-state index contributed by atoms with van der Waals surface area (Å²) in [4.78, 5) is 11.9. The number of methoxy groups -OCH3 is 1. The van der Waals surface area contributed by atoms with Crippen LogP contribution in [0.15, 0.2) is 35.4 Å². The molecule has 1 amide bonds. The second-order valence-electron chi connectivity index (χ2n) is 5.86. The number of hydrogen-bond acceptors (Lipinski definition) is 6. The molecule has 0 radical (unpaired) electrons. The van der Waals surface area contributed by atoms with Crippen LogP contribution in [0.25, 0.3) is 0 Å². The normalized spacial score (nSPS) is 12.3. The topological polar surface area (TPSA) is 78.4 Å². The Labute approximate surface area is 151 Å². The molecule has 0 fully saturated rings. The van der Waals surface area contributed by atoms with Gasteiger partial charge in [0.2, 0.25) is 12.5 Å². The predicted octanol–water partition coefficient (Wildman–Crippen LogP) is 2.57. The highest BCUT2D eigenvalue weighted by atomic mass is 16.7. The minimum atomic E-state index is -0.354. The Morgan fingerprint density at radius 3 is 2.69 bits per heavy atom. The third-order valence-electron chi connectivity index (χ3n) is 3.65. The molecule has 0 aromatic heterocycles. The van der Waals surface area contributed by atoms with E-state index < -0.39 is 0 Å². The number of carbonyl (C=O) groups is 1. The fourth-order valence-corrected chi connectivity index (χ4v) is 2.60. The summed E-state index contributed by atoms with van der Waals surface area (Å²) >= 11 is 0. The number of hydrogen-bond donors (Lipinski definition) is 1. The molecule has 0 bridgehead atoms. The van der Waals surface area contributed by atoms with E-state index in [9.17, 15) is 4.79 Å². The summed E-state index contributed by atoms with van der Waals surface area (Å²) in [6.45, 7) is 3.98. The summed E-state index contributed by atoms with van der Waals surface area (Å²) in [6, 6.07) is 9.30. The summed E-state index contributed by atoms with van der Waals surface area (Å²) in [5.41, 5.74) is 5.30. The van der Waals surface area contributed by atoms with Gasteiger partial charge in [0, 0.05) is 5.56 Å². The third-order valence-corrected chi connectivity index (χ3v) is 3.65. The molecule has 0 aliphatic carbocycles. The van der Waals surface area contributed by atoms with E-state index >= 15 is 0 Å². The van der Waals surface area contributed by atoms with Crippen LogP contribution in [0.5, 0.6) is 23.0 Å². The molecule has 2 aromatic rings. The van der Waals surface area contributed by atoms with Crippen molar-refractivity contribution in [1.82, 2.24) is 5.43 Å². The molecule has 1 N–H and O–H groups in total. The number of rotatable bonds is 6. The molecule has 3 rings (SSSR count). The Morgan fingerprint density at radius 1 is 1.19 bits per heavy atom. The van der Waals surface area contributed by atoms with Crippen molar-refractivity contribution in [3.63, 3.8) is 0 Å². The second-order valence-corrected chi connectivity index (χ2v) is 5.86. The number of aryl methyl sites for hydroxylation is 2. The van der Waals surface area contributed by atoms with Crippen molar-refractivity contribution >= 4 is 12.1 Å². The monoisotopic (exact) mass is 356 g/mol. The number of nitrogens with one attached hydrogen (secondary N) is 1. The van der Waals surface area contributed by atoms with Gasteiger partial charge in [-0.1, -0.05) is 6.07 Å². The van der Waals surface area contributed by atoms with Gasteiger partial charge < -0.3 is 18.9 Å². The Bertz CT molecular complexity index is 828. The standard InChI is InChI=1S/C19H20N2O5/c1-12-4-13(2)6-15(5-12)24-10-18(22)21-20-9-14-7-16(23-3)19-17(8-14)25-11-26-19/h4-9H,10-11H2,1-3H3,(H,21,22)/b20-9-. The molecule has 0 atom stereocenters. The Hall–Kier alpha value is -3.22. The minimum Gasteiger partial charge on any atom is -0.493 e. The largest absolute Gasteiger partial charge is 0.493 e. The minimum absolute atomic E-state index is 0.120. The molecule has 0 unspecified atom stereocenters. The maximum atomic E-state index is 11.9. The first-order valence-electron chi connectivity index (χ1n) is 8.06. The first-order valence-corrected chi connectivity index (χ1v) is 8.06. The predicted molar refractivity (Wildman–Crippen MR) is 96.3 cm³/mol. The maximum Gasteiger partial charge on any atom is 0.277 e. The zero-order valence-electron chi connectivity index (χ0n) is 14.9. The first kappa shape index (κ1) is 17.6. The smallest absolute Gasteiger partial charge is 0.277 e. The number of benzene rings is 2. The highest BCUT2D eigenvalue weighted by molar-refractivity contribution is 5.84. The van der Waals surface area contributed by atoms with Gasteiger partial charge in [-0.15, -0.1) is 0 Å². The molecule has 0 saturated heterocycles. The zero-order valence-corrected chi connectivity index (χ0v) is 14.9. The van der Waals surface area contributed by atoms with Crippen LogP contribution in [0, 0.1) is 13.8 Å². The molecular formula is C19H20N2O5. The zero-order chi connectivity index (χ0) is 18.5. The molecule has 136 valence electrons. The lowest BCUT2D eigenvalue weighted by Gasteiger charge is -2.07. The van der Waals surface area contributed by atoms with Crippen LogP contribution >= 0.6 is 0 Å². The fourth-order valence-electron chi connectivity index (χ4n) is 2.60. The van der Waals surface area contributed by atoms with E-state index in [-0.39, 0.29) is 19.3 Å². The number of carbonyl (C=O) groups excluding carboxylic acids is 1. The van der Waals surface area contributed by atoms with Crippen molar-refractivity contribution in [2.45, 2.75) is 13.8 Å². The van der Waals surface area contributed by atoms with Crippen LogP contribution in [0.4, 0.5) is 0 Å². The van der Waals surface area contributed by atoms with Gasteiger partial charge in [-0.3, -0.25) is 4.79 Å². The Kier molecular flexibility index (Phi) is 5.26. The van der Waals surface area contributed by atoms with Gasteiger partial charge >= 0.3 is 0 Å². The van der Waals surface area contributed by atoms with Gasteiger partial charge in [-0.2, -0.15) is 5.10 Å². The van der Waals surface area contributed by atoms with Gasteiger partial charge in [-0.25, -0.2) is 5.43 Å². The van der Waals surface area contributed by atoms with Crippen molar-refractivity contribution in [2.24, 2.45) is 5.10 Å². The first-order chi connectivity index (χ1) is 12.5. The van der Waals surface area contributed by atoms with E-state index in [2.05, 4.69) is 10.5 Å². The van der Waals surface area contributed by atoms with Gasteiger partial charge in [0.1, 0.15) is 5.75 Å². The molecule has 7 heteroatoms. The van der Waals surface area contributed by atoms with Crippen molar-refractivity contribution in [1.29, 1.82) is 0 Å². The van der Waals surface area contributed by atoms with Crippen LogP contribution in [0.1, 0.15) is 16.7 Å². The van der Waals surface area contributed by atoms with Crippen molar-refractivity contribution in [2.75, 3.05) is 20.5 Å². The summed E-state index contributed by atoms with van der Waals surface area (Å²) in [6.07, 6.45) is 1.50. The van der Waals surface area contributed by atoms with Gasteiger partial charge in [0.05, 0.1) is 13.3 Å². The average molecular weight is 356 g/mol. The average Bonchev–Trinajstić information content (AvgIpc) is 3.07. The molecule has 1 heterocycles. The van der Waals surface area contributed by atoms with Gasteiger partial charge in [0.25, 0.3) is 5.91 Å². The summed E-state index contributed by atoms with van der Waals surface area (Å²) in [5, 5.41) is 3.93. The lowest BCUT2D eigenvalue weighted by molar-refractivity contribution is -0.123. The number of amides is 1. The van der Waals surface area contributed by atoms with E-state index in [0.717, 1.165) is 11.1 Å². The van der Waals surface area contributed by atoms with Crippen molar-refractivity contribution < 1.29 is 23.7 Å². The molecule has 1 aliphatic heterocycles. The van der Waals surface area contributed by atoms with Crippen LogP contribution in [-0.4, -0.2) is 32.6 Å². The van der Waals surface area contributed by atoms with Gasteiger partial charge in [-0.05, 0) is 49.2 Å². The number of nitrogens with zero attached hydrogens (tertiary/aromatic N) is 1. The molecule has 0 spiro atoms. The summed E-state index contributed by atoms with van der Waals surface area (Å²) in [5.74, 6) is 1.99. The lowest BCUT2D eigenvalue weighted by Crippen LogP contribution is -2.24. The summed E-state index contributed by atoms with van der Waals surface area (Å²) in [7, 11) is 1.55. The highest BCUT2D eigenvalue weighted by Crippen LogP contribution is 2.41. The number of hydrazone groups is 1. The van der Waals surface area contributed by atoms with E-state index in [0.29, 0.717) is 28.6 Å². The van der Waals surface area contributed by atoms with Crippen molar-refractivity contribution in [3.8, 4) is 23.0 Å². The Morgan fingerprint density at radius 2 is 1.96 bits per heavy atom. The molecule has 2 aromatic carbocycles. The highest BCUT2D eigenvalue weighted by Gasteiger charge is 2.19. The molecule has 0 saturated carbocycles. The lowest BCUT2D eigenvalue weighted by atomic mass is 10.1. The van der Waals surface area contributed by atoms with E-state index in [1.54, 1.807) is 19.2 Å². The van der Waals surface area contributed by atoms with Gasteiger partial charge in [0.15, 0.2) is 18.1 Å². The third kappa shape index (κ3) is 4.24. The molecule has 1 aliphatic rings. The molecular weight excluding hydrogens is 336 g/mol. The quantitative estimate of drug-likeness (QED) is 0.636. The molecule has 7 nitrogen and oxygen atoms in total. The Balaban J connectivity index is 1.56. The van der Waals surface area contributed by atoms with E-state index in [4.69, 9.17) is 18.9 Å².